The summed E-state index contributed by atoms with van der Waals surface area (Å²) in [5.74, 6) is 1.31. The van der Waals surface area contributed by atoms with Gasteiger partial charge < -0.3 is 19.5 Å². The lowest BCUT2D eigenvalue weighted by Gasteiger charge is -2.36. The molecular formula is C24H32ClNO3. The van der Waals surface area contributed by atoms with E-state index in [0.717, 1.165) is 49.4 Å². The van der Waals surface area contributed by atoms with Crippen molar-refractivity contribution >= 4 is 11.6 Å². The van der Waals surface area contributed by atoms with Crippen molar-refractivity contribution in [2.75, 3.05) is 33.4 Å². The molecule has 0 radical (unpaired) electrons. The van der Waals surface area contributed by atoms with E-state index in [1.165, 1.54) is 0 Å². The van der Waals surface area contributed by atoms with Gasteiger partial charge in [0.2, 0.25) is 0 Å². The summed E-state index contributed by atoms with van der Waals surface area (Å²) in [4.78, 5) is 2.39. The van der Waals surface area contributed by atoms with Gasteiger partial charge >= 0.3 is 0 Å². The van der Waals surface area contributed by atoms with Gasteiger partial charge in [-0.1, -0.05) is 49.7 Å². The van der Waals surface area contributed by atoms with Crippen molar-refractivity contribution in [3.8, 4) is 11.5 Å². The van der Waals surface area contributed by atoms with Crippen LogP contribution in [-0.2, 0) is 5.60 Å². The second-order valence-electron chi connectivity index (χ2n) is 7.63. The molecule has 0 saturated heterocycles. The first-order valence-corrected chi connectivity index (χ1v) is 10.9. The highest BCUT2D eigenvalue weighted by molar-refractivity contribution is 6.32. The van der Waals surface area contributed by atoms with Crippen molar-refractivity contribution in [3.05, 3.63) is 58.6 Å². The molecule has 29 heavy (non-hydrogen) atoms. The van der Waals surface area contributed by atoms with Gasteiger partial charge in [-0.2, -0.15) is 0 Å². The number of nitrogens with zero attached hydrogens (tertiary/aromatic N) is 1. The Bertz CT molecular complexity index is 808. The summed E-state index contributed by atoms with van der Waals surface area (Å²) in [6, 6.07) is 13.7. The van der Waals surface area contributed by atoms with Gasteiger partial charge in [-0.15, -0.1) is 0 Å². The number of ether oxygens (including phenoxy) is 2. The zero-order valence-electron chi connectivity index (χ0n) is 17.7. The van der Waals surface area contributed by atoms with Crippen LogP contribution in [0.2, 0.25) is 5.02 Å². The van der Waals surface area contributed by atoms with Crippen molar-refractivity contribution < 1.29 is 14.6 Å². The molecular weight excluding hydrogens is 386 g/mol. The van der Waals surface area contributed by atoms with E-state index < -0.39 is 5.60 Å². The monoisotopic (exact) mass is 417 g/mol. The molecule has 2 aromatic rings. The molecule has 2 aromatic carbocycles. The van der Waals surface area contributed by atoms with Crippen LogP contribution < -0.4 is 9.47 Å². The number of aliphatic hydroxyl groups is 1. The number of methoxy groups -OCH3 is 1. The summed E-state index contributed by atoms with van der Waals surface area (Å²) < 4.78 is 11.5. The Labute approximate surface area is 179 Å². The Balaban J connectivity index is 1.98. The largest absolute Gasteiger partial charge is 0.495 e. The normalized spacial score (nSPS) is 21.4. The van der Waals surface area contributed by atoms with E-state index in [1.54, 1.807) is 7.11 Å². The van der Waals surface area contributed by atoms with Crippen LogP contribution in [0.4, 0.5) is 0 Å². The summed E-state index contributed by atoms with van der Waals surface area (Å²) in [6.45, 7) is 7.92. The van der Waals surface area contributed by atoms with Gasteiger partial charge in [-0.05, 0) is 62.7 Å². The van der Waals surface area contributed by atoms with Crippen LogP contribution in [0.3, 0.4) is 0 Å². The quantitative estimate of drug-likeness (QED) is 0.639. The molecule has 3 rings (SSSR count). The number of hydrogen-bond donors (Lipinski definition) is 1. The molecule has 1 heterocycles. The molecule has 0 aromatic heterocycles. The minimum absolute atomic E-state index is 0.103. The van der Waals surface area contributed by atoms with Crippen LogP contribution in [0.5, 0.6) is 11.5 Å². The zero-order chi connectivity index (χ0) is 20.9. The molecule has 0 unspecified atom stereocenters. The standard InChI is InChI=1S/C24H32ClNO3/c1-4-26(5-2)15-8-14-24(27)19(18-11-12-21(25)23(17-18)28-3)13-16-29-22-10-7-6-9-20(22)24/h6-7,9-12,17,19,27H,4-5,8,13-16H2,1-3H3/t19-,24+/m0/s1. The average molecular weight is 418 g/mol. The molecule has 0 fully saturated rings. The highest BCUT2D eigenvalue weighted by atomic mass is 35.5. The van der Waals surface area contributed by atoms with E-state index in [9.17, 15) is 5.11 Å². The van der Waals surface area contributed by atoms with Crippen molar-refractivity contribution in [1.29, 1.82) is 0 Å². The fourth-order valence-electron chi connectivity index (χ4n) is 4.42. The summed E-state index contributed by atoms with van der Waals surface area (Å²) >= 11 is 6.25. The lowest BCUT2D eigenvalue weighted by Crippen LogP contribution is -2.35. The molecule has 2 atom stereocenters. The fourth-order valence-corrected chi connectivity index (χ4v) is 4.61. The number of fused-ring (bicyclic) bond motifs is 1. The molecule has 158 valence electrons. The third kappa shape index (κ3) is 4.71. The van der Waals surface area contributed by atoms with Crippen LogP contribution in [0.25, 0.3) is 0 Å². The molecule has 0 amide bonds. The topological polar surface area (TPSA) is 41.9 Å². The number of para-hydroxylation sites is 1. The first kappa shape index (κ1) is 21.9. The number of hydrogen-bond acceptors (Lipinski definition) is 4. The summed E-state index contributed by atoms with van der Waals surface area (Å²) in [6.07, 6.45) is 2.30. The summed E-state index contributed by atoms with van der Waals surface area (Å²) in [5, 5.41) is 12.7. The maximum Gasteiger partial charge on any atom is 0.137 e. The number of benzene rings is 2. The van der Waals surface area contributed by atoms with E-state index in [0.29, 0.717) is 23.8 Å². The van der Waals surface area contributed by atoms with Crippen molar-refractivity contribution in [1.82, 2.24) is 4.90 Å². The highest BCUT2D eigenvalue weighted by Crippen LogP contribution is 2.48. The van der Waals surface area contributed by atoms with E-state index >= 15 is 0 Å². The Morgan fingerprint density at radius 1 is 1.21 bits per heavy atom. The minimum Gasteiger partial charge on any atom is -0.495 e. The third-order valence-corrected chi connectivity index (χ3v) is 6.41. The maximum atomic E-state index is 12.1. The Hall–Kier alpha value is -1.75. The lowest BCUT2D eigenvalue weighted by molar-refractivity contribution is -0.00563. The van der Waals surface area contributed by atoms with E-state index in [4.69, 9.17) is 21.1 Å². The van der Waals surface area contributed by atoms with Gasteiger partial charge in [0.25, 0.3) is 0 Å². The molecule has 1 N–H and O–H groups in total. The predicted molar refractivity (Wildman–Crippen MR) is 118 cm³/mol. The first-order chi connectivity index (χ1) is 14.0. The Morgan fingerprint density at radius 2 is 1.97 bits per heavy atom. The zero-order valence-corrected chi connectivity index (χ0v) is 18.4. The lowest BCUT2D eigenvalue weighted by atomic mass is 9.73. The van der Waals surface area contributed by atoms with Gasteiger partial charge in [-0.3, -0.25) is 0 Å². The smallest absolute Gasteiger partial charge is 0.137 e. The molecule has 0 aliphatic carbocycles. The Kier molecular flexibility index (Phi) is 7.44. The Morgan fingerprint density at radius 3 is 2.69 bits per heavy atom. The molecule has 4 nitrogen and oxygen atoms in total. The second-order valence-corrected chi connectivity index (χ2v) is 8.04. The van der Waals surface area contributed by atoms with Gasteiger partial charge in [0.15, 0.2) is 0 Å². The number of rotatable bonds is 8. The minimum atomic E-state index is -1.01. The molecule has 5 heteroatoms. The summed E-state index contributed by atoms with van der Waals surface area (Å²) in [5.41, 5.74) is 0.881. The van der Waals surface area contributed by atoms with Gasteiger partial charge in [0.05, 0.1) is 18.7 Å². The average Bonchev–Trinajstić information content (AvgIpc) is 2.89. The maximum absolute atomic E-state index is 12.1. The van der Waals surface area contributed by atoms with E-state index in [2.05, 4.69) is 18.7 Å². The predicted octanol–water partition coefficient (Wildman–Crippen LogP) is 5.22. The van der Waals surface area contributed by atoms with Crippen LogP contribution >= 0.6 is 11.6 Å². The molecule has 1 aliphatic rings. The molecule has 0 bridgehead atoms. The first-order valence-electron chi connectivity index (χ1n) is 10.5. The van der Waals surface area contributed by atoms with Crippen LogP contribution in [0.1, 0.15) is 50.2 Å². The number of halogens is 1. The van der Waals surface area contributed by atoms with Gasteiger partial charge in [0.1, 0.15) is 17.1 Å². The van der Waals surface area contributed by atoms with Gasteiger partial charge in [0, 0.05) is 11.5 Å². The molecule has 0 spiro atoms. The van der Waals surface area contributed by atoms with Crippen LogP contribution in [0, 0.1) is 0 Å². The molecule has 1 aliphatic heterocycles. The van der Waals surface area contributed by atoms with E-state index in [1.807, 2.05) is 42.5 Å². The van der Waals surface area contributed by atoms with Crippen molar-refractivity contribution in [2.24, 2.45) is 0 Å². The second kappa shape index (κ2) is 9.84. The fraction of sp³-hybridized carbons (Fsp3) is 0.500. The van der Waals surface area contributed by atoms with Crippen LogP contribution in [-0.4, -0.2) is 43.4 Å². The van der Waals surface area contributed by atoms with Gasteiger partial charge in [-0.25, -0.2) is 0 Å². The van der Waals surface area contributed by atoms with E-state index in [-0.39, 0.29) is 5.92 Å². The van der Waals surface area contributed by atoms with Crippen molar-refractivity contribution in [2.45, 2.75) is 44.6 Å². The third-order valence-electron chi connectivity index (χ3n) is 6.10. The van der Waals surface area contributed by atoms with Crippen LogP contribution in [0.15, 0.2) is 42.5 Å². The van der Waals surface area contributed by atoms with Crippen molar-refractivity contribution in [3.63, 3.8) is 0 Å². The summed E-state index contributed by atoms with van der Waals surface area (Å²) in [7, 11) is 1.62. The SMILES string of the molecule is CCN(CC)CCC[C@]1(O)c2ccccc2OCC[C@H]1c1ccc(Cl)c(OC)c1. The molecule has 0 saturated carbocycles. The highest BCUT2D eigenvalue weighted by Gasteiger charge is 2.42.